The van der Waals surface area contributed by atoms with Gasteiger partial charge in [0.05, 0.1) is 0 Å². The number of aromatic nitrogens is 1. The van der Waals surface area contributed by atoms with Crippen LogP contribution in [0.25, 0.3) is 10.9 Å². The fraction of sp³-hybridized carbons (Fsp3) is 0.478. The number of hydrogen-bond acceptors (Lipinski definition) is 9. The highest BCUT2D eigenvalue weighted by Gasteiger charge is 2.53. The molecule has 0 aliphatic carbocycles. The van der Waals surface area contributed by atoms with Gasteiger partial charge in [-0.25, -0.2) is 0 Å². The Balaban J connectivity index is 2.15. The predicted molar refractivity (Wildman–Crippen MR) is 114 cm³/mol. The molecule has 5 atom stereocenters. The largest absolute Gasteiger partial charge is 0.463 e. The number of rotatable bonds is 6. The zero-order valence-corrected chi connectivity index (χ0v) is 19.1. The normalized spacial score (nSPS) is 24.7. The van der Waals surface area contributed by atoms with E-state index in [4.69, 9.17) is 23.7 Å². The van der Waals surface area contributed by atoms with Crippen molar-refractivity contribution in [1.82, 2.24) is 4.98 Å². The molecule has 1 N–H and O–H groups in total. The molecule has 0 amide bonds. The van der Waals surface area contributed by atoms with Crippen LogP contribution in [0.3, 0.4) is 0 Å². The van der Waals surface area contributed by atoms with Crippen molar-refractivity contribution in [1.29, 1.82) is 0 Å². The molecule has 0 radical (unpaired) electrons. The van der Waals surface area contributed by atoms with Crippen molar-refractivity contribution >= 4 is 34.8 Å². The maximum atomic E-state index is 12.0. The average Bonchev–Trinajstić information content (AvgIpc) is 3.04. The first-order chi connectivity index (χ1) is 15.6. The van der Waals surface area contributed by atoms with Crippen LogP contribution in [0.1, 0.15) is 45.1 Å². The Morgan fingerprint density at radius 2 is 1.42 bits per heavy atom. The monoisotopic (exact) mass is 461 g/mol. The maximum absolute atomic E-state index is 12.0. The Labute approximate surface area is 190 Å². The van der Waals surface area contributed by atoms with Crippen LogP contribution in [0.5, 0.6) is 0 Å². The number of ether oxygens (including phenoxy) is 5. The van der Waals surface area contributed by atoms with E-state index in [1.165, 1.54) is 27.7 Å². The van der Waals surface area contributed by atoms with Crippen LogP contribution in [0.4, 0.5) is 0 Å². The number of para-hydroxylation sites is 1. The van der Waals surface area contributed by atoms with Crippen molar-refractivity contribution in [2.24, 2.45) is 0 Å². The summed E-state index contributed by atoms with van der Waals surface area (Å²) in [6.45, 7) is 6.40. The van der Waals surface area contributed by atoms with Gasteiger partial charge in [-0.2, -0.15) is 0 Å². The molecule has 1 aromatic heterocycles. The number of H-pyrrole nitrogens is 1. The Morgan fingerprint density at radius 1 is 0.848 bits per heavy atom. The minimum Gasteiger partial charge on any atom is -0.463 e. The van der Waals surface area contributed by atoms with Gasteiger partial charge in [-0.3, -0.25) is 19.2 Å². The fourth-order valence-electron chi connectivity index (χ4n) is 4.13. The first-order valence-electron chi connectivity index (χ1n) is 10.5. The van der Waals surface area contributed by atoms with Gasteiger partial charge in [-0.15, -0.1) is 0 Å². The van der Waals surface area contributed by atoms with E-state index in [-0.39, 0.29) is 6.61 Å². The van der Waals surface area contributed by atoms with Crippen LogP contribution in [0.15, 0.2) is 24.3 Å². The zero-order valence-electron chi connectivity index (χ0n) is 19.1. The highest BCUT2D eigenvalue weighted by atomic mass is 16.7. The fourth-order valence-corrected chi connectivity index (χ4v) is 4.13. The topological polar surface area (TPSA) is 130 Å². The van der Waals surface area contributed by atoms with Crippen molar-refractivity contribution in [3.8, 4) is 0 Å². The third kappa shape index (κ3) is 5.51. The van der Waals surface area contributed by atoms with Crippen LogP contribution in [0.2, 0.25) is 0 Å². The van der Waals surface area contributed by atoms with Gasteiger partial charge in [0.2, 0.25) is 0 Å². The molecule has 33 heavy (non-hydrogen) atoms. The standard InChI is InChI=1S/C23H27NO9/c1-11-19(16-8-6-7-9-17(16)24-11)21-23(32-15(5)28)22(31-14(4)27)20(30-13(3)26)18(33-21)10-29-12(2)25/h6-9,18,20-24H,10H2,1-5H3/t18-,20-,21-,22+,23-/m1/s1. The molecule has 2 aromatic rings. The van der Waals surface area contributed by atoms with E-state index in [0.717, 1.165) is 16.6 Å². The summed E-state index contributed by atoms with van der Waals surface area (Å²) >= 11 is 0. The Morgan fingerprint density at radius 3 is 2.03 bits per heavy atom. The molecule has 1 aliphatic rings. The number of fused-ring (bicyclic) bond motifs is 1. The summed E-state index contributed by atoms with van der Waals surface area (Å²) < 4.78 is 27.9. The minimum absolute atomic E-state index is 0.268. The van der Waals surface area contributed by atoms with E-state index >= 15 is 0 Å². The Kier molecular flexibility index (Phi) is 7.37. The van der Waals surface area contributed by atoms with Gasteiger partial charge in [-0.1, -0.05) is 18.2 Å². The number of nitrogens with one attached hydrogen (secondary N) is 1. The Hall–Kier alpha value is -3.40. The molecule has 10 nitrogen and oxygen atoms in total. The number of aromatic amines is 1. The van der Waals surface area contributed by atoms with Crippen LogP contribution >= 0.6 is 0 Å². The molecule has 0 bridgehead atoms. The molecular weight excluding hydrogens is 434 g/mol. The van der Waals surface area contributed by atoms with Gasteiger partial charge >= 0.3 is 23.9 Å². The second-order valence-corrected chi connectivity index (χ2v) is 7.83. The van der Waals surface area contributed by atoms with Gasteiger partial charge in [0.1, 0.15) is 18.8 Å². The molecule has 0 spiro atoms. The summed E-state index contributed by atoms with van der Waals surface area (Å²) in [5, 5.41) is 0.816. The molecule has 0 unspecified atom stereocenters. The third-order valence-corrected chi connectivity index (χ3v) is 5.22. The number of aryl methyl sites for hydroxylation is 1. The van der Waals surface area contributed by atoms with Gasteiger partial charge in [0.15, 0.2) is 18.3 Å². The lowest BCUT2D eigenvalue weighted by Gasteiger charge is -2.44. The number of carbonyl (C=O) groups excluding carboxylic acids is 4. The van der Waals surface area contributed by atoms with Crippen molar-refractivity contribution in [3.63, 3.8) is 0 Å². The van der Waals surface area contributed by atoms with Crippen molar-refractivity contribution < 1.29 is 42.9 Å². The van der Waals surface area contributed by atoms with Gasteiger partial charge in [0, 0.05) is 49.9 Å². The molecule has 0 saturated carbocycles. The van der Waals surface area contributed by atoms with Gasteiger partial charge in [-0.05, 0) is 13.0 Å². The van der Waals surface area contributed by atoms with E-state index in [9.17, 15) is 19.2 Å². The summed E-state index contributed by atoms with van der Waals surface area (Å²) in [6.07, 6.45) is -5.43. The molecule has 2 heterocycles. The lowest BCUT2D eigenvalue weighted by atomic mass is 9.89. The summed E-state index contributed by atoms with van der Waals surface area (Å²) in [7, 11) is 0. The molecular formula is C23H27NO9. The molecule has 1 fully saturated rings. The minimum atomic E-state index is -1.21. The summed E-state index contributed by atoms with van der Waals surface area (Å²) in [6, 6.07) is 7.49. The second kappa shape index (κ2) is 10.0. The number of carbonyl (C=O) groups is 4. The molecule has 1 aromatic carbocycles. The quantitative estimate of drug-likeness (QED) is 0.508. The Bertz CT molecular complexity index is 1060. The van der Waals surface area contributed by atoms with E-state index in [2.05, 4.69) is 4.98 Å². The van der Waals surface area contributed by atoms with E-state index in [1.807, 2.05) is 31.2 Å². The lowest BCUT2D eigenvalue weighted by Crippen LogP contribution is -2.59. The van der Waals surface area contributed by atoms with Crippen molar-refractivity contribution in [3.05, 3.63) is 35.5 Å². The van der Waals surface area contributed by atoms with E-state index in [1.54, 1.807) is 0 Å². The molecule has 178 valence electrons. The van der Waals surface area contributed by atoms with Crippen LogP contribution in [-0.4, -0.2) is 59.9 Å². The van der Waals surface area contributed by atoms with Gasteiger partial charge in [0.25, 0.3) is 0 Å². The maximum Gasteiger partial charge on any atom is 0.303 e. The van der Waals surface area contributed by atoms with Crippen LogP contribution < -0.4 is 0 Å². The molecule has 10 heteroatoms. The van der Waals surface area contributed by atoms with Crippen molar-refractivity contribution in [2.45, 2.75) is 65.1 Å². The van der Waals surface area contributed by atoms with Gasteiger partial charge < -0.3 is 28.7 Å². The van der Waals surface area contributed by atoms with E-state index < -0.39 is 54.4 Å². The summed E-state index contributed by atoms with van der Waals surface area (Å²) in [5.41, 5.74) is 2.26. The number of hydrogen-bond donors (Lipinski definition) is 1. The highest BCUT2D eigenvalue weighted by molar-refractivity contribution is 5.85. The predicted octanol–water partition coefficient (Wildman–Crippen LogP) is 2.27. The smallest absolute Gasteiger partial charge is 0.303 e. The van der Waals surface area contributed by atoms with E-state index in [0.29, 0.717) is 5.56 Å². The SMILES string of the molecule is CC(=O)OC[C@H]1O[C@H](c2c(C)[nH]c3ccccc23)[C@@H](OC(C)=O)[C@@H](OC(C)=O)[C@@H]1OC(C)=O. The molecule has 1 saturated heterocycles. The lowest BCUT2D eigenvalue weighted by molar-refractivity contribution is -0.254. The molecule has 1 aliphatic heterocycles. The molecule has 3 rings (SSSR count). The number of esters is 4. The zero-order chi connectivity index (χ0) is 24.3. The first kappa shape index (κ1) is 24.2. The average molecular weight is 461 g/mol. The number of benzene rings is 1. The first-order valence-corrected chi connectivity index (χ1v) is 10.5. The van der Waals surface area contributed by atoms with Crippen molar-refractivity contribution in [2.75, 3.05) is 6.61 Å². The van der Waals surface area contributed by atoms with Crippen LogP contribution in [0, 0.1) is 6.92 Å². The third-order valence-electron chi connectivity index (χ3n) is 5.22. The highest BCUT2D eigenvalue weighted by Crippen LogP contribution is 2.41. The van der Waals surface area contributed by atoms with Crippen LogP contribution in [-0.2, 0) is 42.9 Å². The summed E-state index contributed by atoms with van der Waals surface area (Å²) in [4.78, 5) is 50.6. The second-order valence-electron chi connectivity index (χ2n) is 7.83. The summed E-state index contributed by atoms with van der Waals surface area (Å²) in [5.74, 6) is -2.54.